The molecule has 0 aromatic carbocycles. The zero-order valence-electron chi connectivity index (χ0n) is 72.8. The molecule has 5 rings (SSSR count). The van der Waals surface area contributed by atoms with Gasteiger partial charge in [-0.1, -0.05) is 13.8 Å². The molecule has 636 valence electrons. The minimum atomic E-state index is -4.64. The molecule has 0 aromatic rings. The number of carboxylic acids is 1. The molecule has 9 atom stereocenters. The van der Waals surface area contributed by atoms with Gasteiger partial charge in [-0.15, -0.1) is 0 Å². The second kappa shape index (κ2) is 56.2. The van der Waals surface area contributed by atoms with Crippen LogP contribution < -0.4 is 46.5 Å². The van der Waals surface area contributed by atoms with Crippen LogP contribution >= 0.6 is 0 Å². The molecule has 0 spiro atoms. The fraction of sp³-hybridized carbons (Fsp3) is 0.773. The Labute approximate surface area is 697 Å². The van der Waals surface area contributed by atoms with Gasteiger partial charge in [0.1, 0.15) is 63.3 Å². The van der Waals surface area contributed by atoms with Crippen LogP contribution in [-0.2, 0) is 76.3 Å². The largest absolute Gasteiger partial charge is 2.00 e. The quantitative estimate of drug-likeness (QED) is 0.0465. The van der Waals surface area contributed by atoms with Crippen LogP contribution in [0.2, 0.25) is 0 Å². The molecule has 0 unspecified atom stereocenters. The van der Waals surface area contributed by atoms with Crippen molar-refractivity contribution in [1.29, 1.82) is 0 Å². The van der Waals surface area contributed by atoms with Gasteiger partial charge in [-0.3, -0.25) is 48.4 Å². The van der Waals surface area contributed by atoms with E-state index in [4.69, 9.17) is 39.7 Å². The summed E-state index contributed by atoms with van der Waals surface area (Å²) in [5.41, 5.74) is -2.65. The van der Waals surface area contributed by atoms with E-state index in [-0.39, 0.29) is 162 Å². The molecule has 5 heterocycles. The van der Waals surface area contributed by atoms with E-state index in [9.17, 15) is 80.3 Å². The Balaban J connectivity index is -0.000000155. The first-order valence-corrected chi connectivity index (χ1v) is 35.2. The molecule has 0 aliphatic carbocycles. The molecule has 5 aliphatic heterocycles. The molecule has 111 heavy (non-hydrogen) atoms. The Bertz CT molecular complexity index is 2920. The maximum absolute atomic E-state index is 11.9. The van der Waals surface area contributed by atoms with Crippen molar-refractivity contribution in [2.24, 2.45) is 4.99 Å². The van der Waals surface area contributed by atoms with Gasteiger partial charge < -0.3 is 83.6 Å². The van der Waals surface area contributed by atoms with Crippen LogP contribution in [0.5, 0.6) is 0 Å². The number of carbonyl (C=O) groups is 15. The Morgan fingerprint density at radius 2 is 0.946 bits per heavy atom. The van der Waals surface area contributed by atoms with Crippen LogP contribution in [0.3, 0.4) is 0 Å². The number of carbonyl (C=O) groups excluding carboxylic acids is 14. The molecule has 4 fully saturated rings. The van der Waals surface area contributed by atoms with Crippen molar-refractivity contribution in [3.63, 3.8) is 0 Å². The number of ketones is 6. The van der Waals surface area contributed by atoms with Crippen molar-refractivity contribution in [3.8, 4) is 0 Å². The number of hydrogen-bond donors (Lipinski definition) is 3. The second-order valence-corrected chi connectivity index (χ2v) is 31.6. The van der Waals surface area contributed by atoms with Crippen LogP contribution in [0, 0.1) is 7.43 Å². The summed E-state index contributed by atoms with van der Waals surface area (Å²) in [6, 6.07) is -1.66. The molecule has 4 saturated heterocycles. The van der Waals surface area contributed by atoms with Crippen molar-refractivity contribution in [3.05, 3.63) is 7.43 Å². The number of nitrogens with one attached hydrogen (secondary N) is 2. The van der Waals surface area contributed by atoms with E-state index >= 15 is 0 Å². The van der Waals surface area contributed by atoms with Crippen molar-refractivity contribution >= 4 is 118 Å². The van der Waals surface area contributed by atoms with E-state index in [1.807, 2.05) is 41.5 Å². The Morgan fingerprint density at radius 1 is 0.577 bits per heavy atom. The fourth-order valence-electron chi connectivity index (χ4n) is 9.53. The van der Waals surface area contributed by atoms with Crippen molar-refractivity contribution in [1.82, 2.24) is 25.3 Å². The predicted molar refractivity (Wildman–Crippen MR) is 404 cm³/mol. The number of carboxylic acid groups (broad SMARTS) is 1. The first kappa shape index (κ1) is 121. The van der Waals surface area contributed by atoms with Crippen LogP contribution in [0.15, 0.2) is 4.99 Å². The summed E-state index contributed by atoms with van der Waals surface area (Å²) in [4.78, 5) is 174. The fourth-order valence-corrected chi connectivity index (χ4v) is 9.53. The van der Waals surface area contributed by atoms with Crippen LogP contribution in [0.25, 0.3) is 0 Å². The molecule has 0 bridgehead atoms. The number of aliphatic imine (C=N–C) groups is 1. The zero-order valence-corrected chi connectivity index (χ0v) is 74.8. The van der Waals surface area contributed by atoms with Crippen LogP contribution in [0.1, 0.15) is 286 Å². The Kier molecular flexibility index (Phi) is 61.0. The number of Topliss-reactive ketones (excluding diaryl/α,β-unsaturated/α-hetero) is 6. The van der Waals surface area contributed by atoms with Crippen molar-refractivity contribution in [2.75, 3.05) is 0 Å². The Morgan fingerprint density at radius 3 is 1.22 bits per heavy atom. The summed E-state index contributed by atoms with van der Waals surface area (Å²) in [5.74, 6) is -1.16. The van der Waals surface area contributed by atoms with E-state index in [0.29, 0.717) is 38.6 Å². The van der Waals surface area contributed by atoms with Gasteiger partial charge in [0.15, 0.2) is 23.1 Å². The summed E-state index contributed by atoms with van der Waals surface area (Å²) in [6.07, 6.45) is -1.99. The summed E-state index contributed by atoms with van der Waals surface area (Å²) < 4.78 is 71.9. The van der Waals surface area contributed by atoms with Crippen LogP contribution in [0.4, 0.5) is 41.9 Å². The van der Waals surface area contributed by atoms with Crippen molar-refractivity contribution in [2.45, 2.75) is 379 Å². The summed E-state index contributed by atoms with van der Waals surface area (Å²) >= 11 is 0. The number of rotatable bonds is 10. The number of hydrogen-bond acceptors (Lipinski definition) is 25. The molecular formula is C75H131BrF3LiMgN6O24. The zero-order chi connectivity index (χ0) is 85.1. The molecule has 0 radical (unpaired) electrons. The monoisotopic (exact) mass is 1670 g/mol. The first-order chi connectivity index (χ1) is 48.1. The average Bonchev–Trinajstić information content (AvgIpc) is 1.69. The van der Waals surface area contributed by atoms with Gasteiger partial charge in [-0.2, -0.15) is 13.2 Å². The van der Waals surface area contributed by atoms with E-state index < -0.39 is 101 Å². The number of ether oxygens (including phenoxy) is 7. The van der Waals surface area contributed by atoms with E-state index in [2.05, 4.69) is 27.3 Å². The molecule has 0 saturated carbocycles. The second-order valence-electron chi connectivity index (χ2n) is 31.6. The predicted octanol–water partition coefficient (Wildman–Crippen LogP) is 8.02. The van der Waals surface area contributed by atoms with Gasteiger partial charge in [-0.05, 0) is 258 Å². The number of nitrogens with zero attached hydrogens (tertiary/aromatic N) is 4. The topological polar surface area (TPSA) is 417 Å². The van der Waals surface area contributed by atoms with Crippen molar-refractivity contribution < 1.29 is 166 Å². The summed E-state index contributed by atoms with van der Waals surface area (Å²) in [5, 5.41) is 14.7. The van der Waals surface area contributed by atoms with Gasteiger partial charge in [0.2, 0.25) is 12.2 Å². The molecule has 4 N–H and O–H groups in total. The van der Waals surface area contributed by atoms with Gasteiger partial charge in [0.25, 0.3) is 0 Å². The third kappa shape index (κ3) is 61.1. The smallest absolute Gasteiger partial charge is 1.00 e. The first-order valence-electron chi connectivity index (χ1n) is 35.9. The van der Waals surface area contributed by atoms with Crippen LogP contribution in [-0.4, -0.2) is 238 Å². The van der Waals surface area contributed by atoms with E-state index in [1.165, 1.54) is 32.6 Å². The number of aliphatic carboxylic acids is 1. The molecular weight excluding hydrogens is 1540 g/mol. The number of alkyl halides is 3. The maximum Gasteiger partial charge on any atom is 2.00 e. The van der Waals surface area contributed by atoms with Gasteiger partial charge in [0, 0.05) is 38.0 Å². The standard InChI is InChI=1S/C12H21NO4.C12H21NO3.C11H17NO4.C11H19NO4.C10H18O5.C7H13NO.C7H11NO.C2HF3O.C2H6.CH3.BrH.Li.Mg.H2O/c1-8(14)6-7-10(9(2)15)13-11(16)17-12(3,4)5;1-8-6-7-10(9(2)14)13(8)11(15)16-12(3,4)5;1-7(13)8-5-6-9(14)12(8)10(15)16-11(2,3)4;1-7-5-6-8(9(13)14)12(7)10(15)16-11(2,3)4;1-9(2,3)14-7(11)13-8(12)15-10(4,5)6;2*1-5-3-4-7(8-5)6(2)9;3-2(4,5)1-6;1-2;;;;;/h10H,6-7H2,1-5H3,(H,13,16);8,10H,6-7H2,1-5H3;8H,5-6H2,1-4H3;7-8H,5-6H2,1-4H3,(H,13,14);1-6H3;5,7-8H,3-4H2,1-2H3;7H,3-4H2,1-2H3;1H;1-2H3;1H3;1H;;;1H2/q;;;;;;;;;-1;;+1;+2;/p-2/t10-;8-,10-;8-;7-,8-;;5-,7-;7-;;;;;;;/m0000.00......./s1/i;;;;;;;;1D;;;;;. The third-order valence-corrected chi connectivity index (χ3v) is 14.1. The maximum atomic E-state index is 11.9. The minimum absolute atomic E-state index is 0. The summed E-state index contributed by atoms with van der Waals surface area (Å²) in [7, 11) is 0. The molecule has 5 aliphatic rings. The van der Waals surface area contributed by atoms with Gasteiger partial charge >= 0.3 is 90.7 Å². The normalized spacial score (nSPS) is 19.7. The number of alkyl carbamates (subject to hydrolysis) is 1. The van der Waals surface area contributed by atoms with E-state index in [0.717, 1.165) is 49.1 Å². The van der Waals surface area contributed by atoms with E-state index in [1.54, 1.807) is 130 Å². The van der Waals surface area contributed by atoms with Gasteiger partial charge in [0.05, 0.1) is 18.1 Å². The number of likely N-dealkylation sites (tertiary alicyclic amines) is 3. The molecule has 5 amide bonds. The number of imide groups is 1. The number of amides is 5. The molecule has 0 aromatic heterocycles. The minimum Gasteiger partial charge on any atom is -1.00 e. The molecule has 30 nitrogen and oxygen atoms in total. The number of halogens is 4. The third-order valence-electron chi connectivity index (χ3n) is 14.1. The average molecular weight is 1670 g/mol. The SMILES string of the molecule is CC(=O)CC[C@H](NC(=O)OC(C)(C)C)C(C)=O.CC(=O)[C@@H]1CCC(=O)N1C(=O)OC(C)(C)C.CC(=O)[C@@H]1CCC(C)=N1.CC(=O)[C@@H]1CC[C@H](C)N1.CC(=O)[C@@H]1CC[C@H](C)N1C(=O)OC(C)(C)C.CC(C)(C)OC(=O)OC(=O)OC(C)(C)C.C[C@H]1CC[C@@H](C(=O)O)N1C(=O)OC(C)(C)C.O=CC(F)(F)F.[2H]CC.[Br-].[CH3-].[Li+].[Mg+2].[OH-]. The number of aldehydes is 1. The van der Waals surface area contributed by atoms with Gasteiger partial charge in [-0.25, -0.2) is 38.5 Å². The molecule has 36 heteroatoms. The summed E-state index contributed by atoms with van der Waals surface area (Å²) in [6.45, 7) is 50.3. The Hall–Kier alpha value is -6.13.